The number of methoxy groups -OCH3 is 1. The van der Waals surface area contributed by atoms with Crippen molar-refractivity contribution >= 4 is 22.0 Å². The summed E-state index contributed by atoms with van der Waals surface area (Å²) in [6.45, 7) is 6.30. The van der Waals surface area contributed by atoms with Crippen LogP contribution in [0.5, 0.6) is 5.75 Å². The number of nitrogens with two attached hydrogens (primary N) is 1. The van der Waals surface area contributed by atoms with Crippen molar-refractivity contribution in [3.63, 3.8) is 0 Å². The summed E-state index contributed by atoms with van der Waals surface area (Å²) in [6, 6.07) is 2.11. The fourth-order valence-corrected chi connectivity index (χ4v) is 3.11. The Balaban J connectivity index is 2.36. The molecule has 2 heterocycles. The predicted octanol–water partition coefficient (Wildman–Crippen LogP) is 1.83. The molecule has 2 rings (SSSR count). The number of nitrogen functional groups attached to an aromatic ring is 1. The van der Waals surface area contributed by atoms with E-state index in [-0.39, 0.29) is 5.60 Å². The van der Waals surface area contributed by atoms with Crippen LogP contribution >= 0.6 is 11.3 Å². The van der Waals surface area contributed by atoms with E-state index in [9.17, 15) is 0 Å². The molecule has 0 atom stereocenters. The van der Waals surface area contributed by atoms with Crippen LogP contribution in [0.4, 0.5) is 10.7 Å². The largest absolute Gasteiger partial charge is 0.492 e. The highest BCUT2D eigenvalue weighted by atomic mass is 32.1. The Labute approximate surface area is 111 Å². The molecule has 1 saturated heterocycles. The number of anilines is 2. The lowest BCUT2D eigenvalue weighted by Crippen LogP contribution is -2.48. The third kappa shape index (κ3) is 2.24. The van der Waals surface area contributed by atoms with Gasteiger partial charge in [-0.15, -0.1) is 11.3 Å². The smallest absolute Gasteiger partial charge is 0.177 e. The first-order chi connectivity index (χ1) is 8.48. The first-order valence-electron chi connectivity index (χ1n) is 5.74. The fraction of sp³-hybridized carbons (Fsp3) is 0.583. The molecule has 1 aromatic rings. The lowest BCUT2D eigenvalue weighted by molar-refractivity contribution is -0.0275. The highest BCUT2D eigenvalue weighted by Crippen LogP contribution is 2.45. The van der Waals surface area contributed by atoms with Crippen LogP contribution in [-0.2, 0) is 4.74 Å². The SMILES string of the molecule is COc1c(N2CCOC(C)(C)C2)sc(C#N)c1N. The summed E-state index contributed by atoms with van der Waals surface area (Å²) < 4.78 is 11.0. The van der Waals surface area contributed by atoms with E-state index in [1.54, 1.807) is 7.11 Å². The summed E-state index contributed by atoms with van der Waals surface area (Å²) in [6.07, 6.45) is 0. The molecule has 1 aliphatic rings. The number of nitriles is 1. The molecule has 5 nitrogen and oxygen atoms in total. The zero-order valence-electron chi connectivity index (χ0n) is 10.8. The van der Waals surface area contributed by atoms with Gasteiger partial charge in [-0.25, -0.2) is 0 Å². The number of hydrogen-bond donors (Lipinski definition) is 1. The monoisotopic (exact) mass is 267 g/mol. The second-order valence-electron chi connectivity index (χ2n) is 4.82. The fourth-order valence-electron chi connectivity index (χ4n) is 2.09. The molecule has 0 spiro atoms. The Bertz CT molecular complexity index is 490. The zero-order chi connectivity index (χ0) is 13.3. The van der Waals surface area contributed by atoms with E-state index in [0.717, 1.165) is 18.1 Å². The van der Waals surface area contributed by atoms with Crippen molar-refractivity contribution in [3.8, 4) is 11.8 Å². The molecule has 0 bridgehead atoms. The van der Waals surface area contributed by atoms with Gasteiger partial charge in [0.05, 0.1) is 19.3 Å². The second kappa shape index (κ2) is 4.67. The summed E-state index contributed by atoms with van der Waals surface area (Å²) in [5, 5.41) is 9.95. The molecular weight excluding hydrogens is 250 g/mol. The zero-order valence-corrected chi connectivity index (χ0v) is 11.6. The summed E-state index contributed by atoms with van der Waals surface area (Å²) in [7, 11) is 1.58. The third-order valence-electron chi connectivity index (χ3n) is 2.90. The van der Waals surface area contributed by atoms with Gasteiger partial charge in [-0.1, -0.05) is 0 Å². The number of rotatable bonds is 2. The van der Waals surface area contributed by atoms with Gasteiger partial charge in [-0.2, -0.15) is 5.26 Å². The minimum atomic E-state index is -0.200. The quantitative estimate of drug-likeness (QED) is 0.885. The van der Waals surface area contributed by atoms with Crippen molar-refractivity contribution in [2.45, 2.75) is 19.4 Å². The summed E-state index contributed by atoms with van der Waals surface area (Å²) in [4.78, 5) is 2.68. The van der Waals surface area contributed by atoms with Gasteiger partial charge in [0.2, 0.25) is 0 Å². The Morgan fingerprint density at radius 1 is 1.56 bits per heavy atom. The van der Waals surface area contributed by atoms with Crippen molar-refractivity contribution in [1.29, 1.82) is 5.26 Å². The van der Waals surface area contributed by atoms with Crippen molar-refractivity contribution in [2.75, 3.05) is 37.4 Å². The van der Waals surface area contributed by atoms with Crippen LogP contribution < -0.4 is 15.4 Å². The summed E-state index contributed by atoms with van der Waals surface area (Å²) in [5.74, 6) is 0.606. The van der Waals surface area contributed by atoms with Crippen molar-refractivity contribution < 1.29 is 9.47 Å². The molecule has 0 aliphatic carbocycles. The molecular formula is C12H17N3O2S. The first kappa shape index (κ1) is 13.0. The van der Waals surface area contributed by atoms with E-state index in [4.69, 9.17) is 20.5 Å². The molecule has 1 aliphatic heterocycles. The van der Waals surface area contributed by atoms with Gasteiger partial charge in [-0.3, -0.25) is 0 Å². The maximum Gasteiger partial charge on any atom is 0.177 e. The topological polar surface area (TPSA) is 71.5 Å². The standard InChI is InChI=1S/C12H17N3O2S/c1-12(2)7-15(4-5-17-12)11-10(16-3)9(14)8(6-13)18-11/h4-5,7,14H2,1-3H3. The Kier molecular flexibility index (Phi) is 3.37. The van der Waals surface area contributed by atoms with Crippen LogP contribution in [0.3, 0.4) is 0 Å². The Morgan fingerprint density at radius 2 is 2.28 bits per heavy atom. The van der Waals surface area contributed by atoms with Gasteiger partial charge in [0, 0.05) is 13.1 Å². The Hall–Kier alpha value is -1.45. The summed E-state index contributed by atoms with van der Waals surface area (Å²) >= 11 is 1.38. The number of hydrogen-bond acceptors (Lipinski definition) is 6. The van der Waals surface area contributed by atoms with Gasteiger partial charge in [-0.05, 0) is 13.8 Å². The molecule has 98 valence electrons. The highest BCUT2D eigenvalue weighted by Gasteiger charge is 2.31. The number of morpholine rings is 1. The van der Waals surface area contributed by atoms with Crippen LogP contribution in [0.25, 0.3) is 0 Å². The first-order valence-corrected chi connectivity index (χ1v) is 6.55. The lowest BCUT2D eigenvalue weighted by atomic mass is 10.1. The molecule has 1 aromatic heterocycles. The van der Waals surface area contributed by atoms with Crippen molar-refractivity contribution in [2.24, 2.45) is 0 Å². The normalized spacial score (nSPS) is 18.4. The maximum absolute atomic E-state index is 9.03. The highest BCUT2D eigenvalue weighted by molar-refractivity contribution is 7.17. The van der Waals surface area contributed by atoms with Gasteiger partial charge < -0.3 is 20.1 Å². The molecule has 2 N–H and O–H groups in total. The molecule has 0 saturated carbocycles. The van der Waals surface area contributed by atoms with E-state index in [0.29, 0.717) is 22.9 Å². The minimum absolute atomic E-state index is 0.200. The molecule has 1 fully saturated rings. The molecule has 18 heavy (non-hydrogen) atoms. The molecule has 0 unspecified atom stereocenters. The molecule has 0 aromatic carbocycles. The van der Waals surface area contributed by atoms with Crippen LogP contribution in [-0.4, -0.2) is 32.4 Å². The number of ether oxygens (including phenoxy) is 2. The third-order valence-corrected chi connectivity index (χ3v) is 4.05. The van der Waals surface area contributed by atoms with Crippen LogP contribution in [0.15, 0.2) is 0 Å². The van der Waals surface area contributed by atoms with E-state index < -0.39 is 0 Å². The van der Waals surface area contributed by atoms with Gasteiger partial charge in [0.25, 0.3) is 0 Å². The minimum Gasteiger partial charge on any atom is -0.492 e. The van der Waals surface area contributed by atoms with Crippen LogP contribution in [0.2, 0.25) is 0 Å². The van der Waals surface area contributed by atoms with E-state index in [1.165, 1.54) is 11.3 Å². The average molecular weight is 267 g/mol. The van der Waals surface area contributed by atoms with Crippen molar-refractivity contribution in [3.05, 3.63) is 4.88 Å². The number of thiophene rings is 1. The molecule has 0 amide bonds. The Morgan fingerprint density at radius 3 is 2.83 bits per heavy atom. The molecule has 0 radical (unpaired) electrons. The van der Waals surface area contributed by atoms with Crippen LogP contribution in [0, 0.1) is 11.3 Å². The van der Waals surface area contributed by atoms with Gasteiger partial charge in [0.15, 0.2) is 5.75 Å². The molecule has 6 heteroatoms. The van der Waals surface area contributed by atoms with E-state index >= 15 is 0 Å². The second-order valence-corrected chi connectivity index (χ2v) is 5.82. The van der Waals surface area contributed by atoms with Gasteiger partial charge >= 0.3 is 0 Å². The maximum atomic E-state index is 9.03. The summed E-state index contributed by atoms with van der Waals surface area (Å²) in [5.41, 5.74) is 6.14. The average Bonchev–Trinajstić information content (AvgIpc) is 2.64. The lowest BCUT2D eigenvalue weighted by Gasteiger charge is -2.38. The van der Waals surface area contributed by atoms with Crippen molar-refractivity contribution in [1.82, 2.24) is 0 Å². The predicted molar refractivity (Wildman–Crippen MR) is 72.2 cm³/mol. The van der Waals surface area contributed by atoms with E-state index in [1.807, 2.05) is 13.8 Å². The van der Waals surface area contributed by atoms with Gasteiger partial charge in [0.1, 0.15) is 21.6 Å². The van der Waals surface area contributed by atoms with Crippen LogP contribution in [0.1, 0.15) is 18.7 Å². The van der Waals surface area contributed by atoms with E-state index in [2.05, 4.69) is 11.0 Å². The number of nitrogens with zero attached hydrogens (tertiary/aromatic N) is 2.